The number of hydrogen-bond donors (Lipinski definition) is 1. The first kappa shape index (κ1) is 18.7. The summed E-state index contributed by atoms with van der Waals surface area (Å²) < 4.78 is 1.14. The average Bonchev–Trinajstić information content (AvgIpc) is 2.59. The van der Waals surface area contributed by atoms with Crippen LogP contribution in [0.15, 0.2) is 43.5 Å². The minimum atomic E-state index is 0. The molecule has 1 aliphatic heterocycles. The number of fused-ring (bicyclic) bond motifs is 1. The second kappa shape index (κ2) is 6.92. The summed E-state index contributed by atoms with van der Waals surface area (Å²) in [6.07, 6.45) is 12.0. The third kappa shape index (κ3) is 2.71. The van der Waals surface area contributed by atoms with Crippen molar-refractivity contribution in [3.63, 3.8) is 0 Å². The molecular weight excluding hydrogens is 374 g/mol. The summed E-state index contributed by atoms with van der Waals surface area (Å²) >= 11 is 0. The summed E-state index contributed by atoms with van der Waals surface area (Å²) in [5.74, 6) is 1.18. The lowest BCUT2D eigenvalue weighted by molar-refractivity contribution is -0.952. The lowest BCUT2D eigenvalue weighted by atomic mass is 9.51. The number of likely N-dealkylation sites (tertiary alicyclic amines) is 1. The van der Waals surface area contributed by atoms with E-state index in [4.69, 9.17) is 0 Å². The van der Waals surface area contributed by atoms with E-state index in [0.29, 0.717) is 17.2 Å². The van der Waals surface area contributed by atoms with Crippen molar-refractivity contribution in [3.8, 4) is 5.75 Å². The predicted octanol–water partition coefficient (Wildman–Crippen LogP) is 1.34. The molecule has 2 bridgehead atoms. The Bertz CT molecular complexity index is 660. The van der Waals surface area contributed by atoms with Crippen molar-refractivity contribution in [1.82, 2.24) is 0 Å². The molecular formula is C22H30BrNO. The molecule has 1 aromatic rings. The highest BCUT2D eigenvalue weighted by Gasteiger charge is 2.59. The number of phenolic OH excluding ortho intramolecular Hbond substituents is 1. The van der Waals surface area contributed by atoms with E-state index in [1.807, 2.05) is 6.07 Å². The van der Waals surface area contributed by atoms with E-state index in [2.05, 4.69) is 37.4 Å². The number of nitrogens with zero attached hydrogens (tertiary/aromatic N) is 1. The first-order chi connectivity index (χ1) is 11.6. The number of hydrogen-bond acceptors (Lipinski definition) is 1. The van der Waals surface area contributed by atoms with Gasteiger partial charge in [0.15, 0.2) is 0 Å². The molecule has 3 aliphatic rings. The minimum absolute atomic E-state index is 0. The van der Waals surface area contributed by atoms with Crippen LogP contribution in [0.1, 0.15) is 43.2 Å². The number of quaternary nitrogens is 1. The van der Waals surface area contributed by atoms with Crippen LogP contribution < -0.4 is 17.0 Å². The van der Waals surface area contributed by atoms with Crippen LogP contribution in [0.25, 0.3) is 0 Å². The molecule has 0 aromatic heterocycles. The normalized spacial score (nSPS) is 31.8. The van der Waals surface area contributed by atoms with Crippen LogP contribution in [0, 0.1) is 5.92 Å². The lowest BCUT2D eigenvalue weighted by Crippen LogP contribution is -3.00. The topological polar surface area (TPSA) is 20.2 Å². The van der Waals surface area contributed by atoms with Gasteiger partial charge in [0.1, 0.15) is 5.75 Å². The molecule has 25 heavy (non-hydrogen) atoms. The van der Waals surface area contributed by atoms with Crippen LogP contribution in [0.3, 0.4) is 0 Å². The fraction of sp³-hybridized carbons (Fsp3) is 0.545. The predicted molar refractivity (Wildman–Crippen MR) is 99.1 cm³/mol. The highest BCUT2D eigenvalue weighted by Crippen LogP contribution is 2.57. The molecule has 1 saturated carbocycles. The molecule has 0 radical (unpaired) electrons. The van der Waals surface area contributed by atoms with Gasteiger partial charge in [-0.1, -0.05) is 32.1 Å². The Morgan fingerprint density at radius 2 is 1.92 bits per heavy atom. The van der Waals surface area contributed by atoms with E-state index >= 15 is 0 Å². The lowest BCUT2D eigenvalue weighted by Gasteiger charge is -2.62. The molecule has 136 valence electrons. The number of rotatable bonds is 4. The van der Waals surface area contributed by atoms with Crippen molar-refractivity contribution in [2.45, 2.75) is 50.0 Å². The zero-order chi connectivity index (χ0) is 16.8. The molecule has 1 heterocycles. The Morgan fingerprint density at radius 3 is 2.64 bits per heavy atom. The third-order valence-electron chi connectivity index (χ3n) is 7.31. The van der Waals surface area contributed by atoms with Gasteiger partial charge in [-0.25, -0.2) is 0 Å². The summed E-state index contributed by atoms with van der Waals surface area (Å²) in [7, 11) is 0. The van der Waals surface area contributed by atoms with E-state index in [1.165, 1.54) is 49.8 Å². The van der Waals surface area contributed by atoms with Gasteiger partial charge in [0.05, 0.1) is 25.7 Å². The van der Waals surface area contributed by atoms with Crippen molar-refractivity contribution in [2.24, 2.45) is 5.92 Å². The fourth-order valence-electron chi connectivity index (χ4n) is 6.39. The van der Waals surface area contributed by atoms with Gasteiger partial charge in [-0.15, -0.1) is 0 Å². The zero-order valence-electron chi connectivity index (χ0n) is 15.1. The van der Waals surface area contributed by atoms with Crippen LogP contribution in [-0.4, -0.2) is 35.3 Å². The van der Waals surface area contributed by atoms with Crippen LogP contribution >= 0.6 is 0 Å². The van der Waals surface area contributed by atoms with Crippen LogP contribution in [0.5, 0.6) is 5.75 Å². The Hall–Kier alpha value is -1.06. The van der Waals surface area contributed by atoms with E-state index in [0.717, 1.165) is 29.9 Å². The van der Waals surface area contributed by atoms with Gasteiger partial charge < -0.3 is 26.6 Å². The van der Waals surface area contributed by atoms with Crippen LogP contribution in [0.4, 0.5) is 0 Å². The van der Waals surface area contributed by atoms with Crippen molar-refractivity contribution in [3.05, 3.63) is 54.6 Å². The minimum Gasteiger partial charge on any atom is -1.00 e. The molecule has 3 heteroatoms. The van der Waals surface area contributed by atoms with Gasteiger partial charge in [-0.3, -0.25) is 0 Å². The molecule has 0 amide bonds. The Balaban J connectivity index is 0.00000182. The zero-order valence-corrected chi connectivity index (χ0v) is 16.7. The molecule has 0 spiro atoms. The second-order valence-corrected chi connectivity index (χ2v) is 8.26. The largest absolute Gasteiger partial charge is 1.00 e. The summed E-state index contributed by atoms with van der Waals surface area (Å²) in [5, 5.41) is 10.1. The van der Waals surface area contributed by atoms with Gasteiger partial charge in [-0.2, -0.15) is 0 Å². The molecule has 2 aliphatic carbocycles. The molecule has 1 aromatic carbocycles. The monoisotopic (exact) mass is 403 g/mol. The van der Waals surface area contributed by atoms with Gasteiger partial charge in [-0.05, 0) is 48.3 Å². The molecule has 4 rings (SSSR count). The SMILES string of the molecule is C=CC[N+]1(CC=C)CC[C@]23CCCC[C@H]2[C@H]1Cc1ccc(O)cc13.[Br-]. The quantitative estimate of drug-likeness (QED) is 0.593. The number of aromatic hydroxyl groups is 1. The van der Waals surface area contributed by atoms with E-state index in [1.54, 1.807) is 0 Å². The average molecular weight is 404 g/mol. The summed E-state index contributed by atoms with van der Waals surface area (Å²) in [5.41, 5.74) is 3.25. The first-order valence-corrected chi connectivity index (χ1v) is 9.55. The first-order valence-electron chi connectivity index (χ1n) is 9.55. The van der Waals surface area contributed by atoms with Crippen molar-refractivity contribution in [1.29, 1.82) is 0 Å². The highest BCUT2D eigenvalue weighted by atomic mass is 79.9. The second-order valence-electron chi connectivity index (χ2n) is 8.26. The summed E-state index contributed by atoms with van der Waals surface area (Å²) in [6, 6.07) is 6.83. The smallest absolute Gasteiger partial charge is 0.115 e. The van der Waals surface area contributed by atoms with E-state index in [9.17, 15) is 5.11 Å². The molecule has 2 fully saturated rings. The highest BCUT2D eigenvalue weighted by molar-refractivity contribution is 5.44. The van der Waals surface area contributed by atoms with Crippen molar-refractivity contribution in [2.75, 3.05) is 19.6 Å². The van der Waals surface area contributed by atoms with Crippen LogP contribution in [0.2, 0.25) is 0 Å². The summed E-state index contributed by atoms with van der Waals surface area (Å²) in [6.45, 7) is 11.4. The maximum atomic E-state index is 10.1. The number of halogens is 1. The molecule has 3 atom stereocenters. The van der Waals surface area contributed by atoms with E-state index in [-0.39, 0.29) is 17.0 Å². The number of piperidine rings is 1. The maximum absolute atomic E-state index is 10.1. The van der Waals surface area contributed by atoms with Crippen LogP contribution in [-0.2, 0) is 11.8 Å². The fourth-order valence-corrected chi connectivity index (χ4v) is 6.39. The van der Waals surface area contributed by atoms with Gasteiger partial charge in [0.25, 0.3) is 0 Å². The van der Waals surface area contributed by atoms with Gasteiger partial charge >= 0.3 is 0 Å². The third-order valence-corrected chi connectivity index (χ3v) is 7.31. The molecule has 0 unspecified atom stereocenters. The number of phenols is 1. The van der Waals surface area contributed by atoms with E-state index < -0.39 is 0 Å². The summed E-state index contributed by atoms with van der Waals surface area (Å²) in [4.78, 5) is 0. The number of benzene rings is 1. The Morgan fingerprint density at radius 1 is 1.16 bits per heavy atom. The molecule has 1 N–H and O–H groups in total. The molecule has 2 nitrogen and oxygen atoms in total. The van der Waals surface area contributed by atoms with Gasteiger partial charge in [0.2, 0.25) is 0 Å². The Labute approximate surface area is 162 Å². The Kier molecular flexibility index (Phi) is 5.18. The standard InChI is InChI=1S/C22H29NO.BrH/c1-3-12-23(13-4-2)14-11-22-10-6-5-7-19(22)21(23)15-17-8-9-18(24)16-20(17)22;/h3-4,8-9,16,19,21H,1-2,5-7,10-15H2;1H/t19-,21+,22+;/m0./s1. The van der Waals surface area contributed by atoms with Crippen molar-refractivity contribution < 1.29 is 26.6 Å². The maximum Gasteiger partial charge on any atom is 0.115 e. The van der Waals surface area contributed by atoms with Crippen molar-refractivity contribution >= 4 is 0 Å². The molecule has 1 saturated heterocycles. The van der Waals surface area contributed by atoms with Gasteiger partial charge in [0, 0.05) is 24.2 Å².